The van der Waals surface area contributed by atoms with Gasteiger partial charge in [0, 0.05) is 6.92 Å². The molecule has 0 saturated heterocycles. The molecule has 1 aromatic rings. The lowest BCUT2D eigenvalue weighted by Gasteiger charge is -2.10. The monoisotopic (exact) mass is 154 g/mol. The molecule has 0 aliphatic rings. The van der Waals surface area contributed by atoms with Crippen molar-refractivity contribution in [3.8, 4) is 0 Å². The summed E-state index contributed by atoms with van der Waals surface area (Å²) in [6.45, 7) is 5.94. The van der Waals surface area contributed by atoms with Gasteiger partial charge in [-0.2, -0.15) is 0 Å². The van der Waals surface area contributed by atoms with Crippen molar-refractivity contribution >= 4 is 0 Å². The van der Waals surface area contributed by atoms with E-state index >= 15 is 0 Å². The van der Waals surface area contributed by atoms with Crippen LogP contribution in [-0.2, 0) is 0 Å². The number of oxazole rings is 1. The highest BCUT2D eigenvalue weighted by atomic mass is 16.3. The molecule has 0 spiro atoms. The quantitative estimate of drug-likeness (QED) is 0.704. The summed E-state index contributed by atoms with van der Waals surface area (Å²) in [6.07, 6.45) is 1.62. The van der Waals surface area contributed by atoms with Gasteiger partial charge in [-0.1, -0.05) is 13.8 Å². The first-order chi connectivity index (χ1) is 5.11. The minimum atomic E-state index is -0.00699. The van der Waals surface area contributed by atoms with Gasteiger partial charge in [-0.05, 0) is 5.92 Å². The molecule has 2 N–H and O–H groups in total. The Hall–Kier alpha value is -0.830. The number of hydrogen-bond donors (Lipinski definition) is 1. The maximum atomic E-state index is 5.83. The fraction of sp³-hybridized carbons (Fsp3) is 0.625. The zero-order chi connectivity index (χ0) is 8.43. The third-order valence-corrected chi connectivity index (χ3v) is 1.70. The van der Waals surface area contributed by atoms with Gasteiger partial charge in [0.2, 0.25) is 0 Å². The Labute approximate surface area is 66.6 Å². The van der Waals surface area contributed by atoms with Crippen LogP contribution in [0.1, 0.15) is 31.5 Å². The van der Waals surface area contributed by atoms with Gasteiger partial charge < -0.3 is 10.2 Å². The van der Waals surface area contributed by atoms with E-state index in [1.807, 2.05) is 6.92 Å². The Balaban J connectivity index is 2.76. The zero-order valence-electron chi connectivity index (χ0n) is 7.16. The van der Waals surface area contributed by atoms with Gasteiger partial charge in [0.1, 0.15) is 6.26 Å². The predicted octanol–water partition coefficient (Wildman–Crippen LogP) is 1.64. The molecule has 1 atom stereocenters. The topological polar surface area (TPSA) is 52.0 Å². The van der Waals surface area contributed by atoms with Crippen LogP contribution in [-0.4, -0.2) is 4.98 Å². The average Bonchev–Trinajstić information content (AvgIpc) is 2.34. The third kappa shape index (κ3) is 1.80. The van der Waals surface area contributed by atoms with Crippen molar-refractivity contribution in [2.75, 3.05) is 0 Å². The van der Waals surface area contributed by atoms with Crippen molar-refractivity contribution in [1.29, 1.82) is 0 Å². The Morgan fingerprint density at radius 2 is 2.18 bits per heavy atom. The van der Waals surface area contributed by atoms with Crippen LogP contribution in [0.4, 0.5) is 0 Å². The van der Waals surface area contributed by atoms with E-state index in [2.05, 4.69) is 18.8 Å². The standard InChI is InChI=1S/C8H14N2O/c1-5(2)8(9)7-4-11-6(3)10-7/h4-5,8H,9H2,1-3H3. The SMILES string of the molecule is Cc1nc(C(N)C(C)C)co1. The van der Waals surface area contributed by atoms with E-state index < -0.39 is 0 Å². The Morgan fingerprint density at radius 1 is 1.55 bits per heavy atom. The lowest BCUT2D eigenvalue weighted by Crippen LogP contribution is -2.16. The maximum absolute atomic E-state index is 5.83. The first-order valence-corrected chi connectivity index (χ1v) is 3.79. The maximum Gasteiger partial charge on any atom is 0.191 e. The van der Waals surface area contributed by atoms with Crippen LogP contribution in [0, 0.1) is 12.8 Å². The predicted molar refractivity (Wildman–Crippen MR) is 43.0 cm³/mol. The van der Waals surface area contributed by atoms with E-state index in [4.69, 9.17) is 10.2 Å². The number of aryl methyl sites for hydroxylation is 1. The molecule has 0 fully saturated rings. The zero-order valence-corrected chi connectivity index (χ0v) is 7.16. The largest absolute Gasteiger partial charge is 0.449 e. The molecule has 0 aromatic carbocycles. The van der Waals surface area contributed by atoms with Crippen LogP contribution in [0.25, 0.3) is 0 Å². The number of hydrogen-bond acceptors (Lipinski definition) is 3. The second-order valence-corrected chi connectivity index (χ2v) is 3.06. The Kier molecular flexibility index (Phi) is 2.29. The van der Waals surface area contributed by atoms with Gasteiger partial charge in [0.05, 0.1) is 11.7 Å². The molecule has 0 aliphatic heterocycles. The molecule has 0 aliphatic carbocycles. The number of rotatable bonds is 2. The molecule has 62 valence electrons. The molecule has 0 bridgehead atoms. The summed E-state index contributed by atoms with van der Waals surface area (Å²) < 4.78 is 5.04. The van der Waals surface area contributed by atoms with Gasteiger partial charge in [-0.3, -0.25) is 0 Å². The number of nitrogens with zero attached hydrogens (tertiary/aromatic N) is 1. The molecule has 0 saturated carbocycles. The lowest BCUT2D eigenvalue weighted by atomic mass is 10.0. The van der Waals surface area contributed by atoms with Gasteiger partial charge in [-0.25, -0.2) is 4.98 Å². The van der Waals surface area contributed by atoms with Crippen LogP contribution in [0.5, 0.6) is 0 Å². The third-order valence-electron chi connectivity index (χ3n) is 1.70. The van der Waals surface area contributed by atoms with E-state index in [9.17, 15) is 0 Å². The van der Waals surface area contributed by atoms with Crippen molar-refractivity contribution in [1.82, 2.24) is 4.98 Å². The summed E-state index contributed by atoms with van der Waals surface area (Å²) >= 11 is 0. The minimum Gasteiger partial charge on any atom is -0.449 e. The first-order valence-electron chi connectivity index (χ1n) is 3.79. The molecule has 1 rings (SSSR count). The average molecular weight is 154 g/mol. The van der Waals surface area contributed by atoms with Gasteiger partial charge in [0.15, 0.2) is 5.89 Å². The molecule has 3 nitrogen and oxygen atoms in total. The summed E-state index contributed by atoms with van der Waals surface area (Å²) in [5.41, 5.74) is 6.67. The molecular formula is C8H14N2O. The van der Waals surface area contributed by atoms with Crippen molar-refractivity contribution in [2.24, 2.45) is 11.7 Å². The fourth-order valence-corrected chi connectivity index (χ4v) is 0.875. The second kappa shape index (κ2) is 3.05. The van der Waals surface area contributed by atoms with E-state index in [1.54, 1.807) is 6.26 Å². The summed E-state index contributed by atoms with van der Waals surface area (Å²) in [5.74, 6) is 1.08. The molecule has 11 heavy (non-hydrogen) atoms. The van der Waals surface area contributed by atoms with E-state index in [1.165, 1.54) is 0 Å². The smallest absolute Gasteiger partial charge is 0.191 e. The first kappa shape index (κ1) is 8.27. The Bertz CT molecular complexity index is 230. The van der Waals surface area contributed by atoms with Crippen molar-refractivity contribution in [2.45, 2.75) is 26.8 Å². The molecule has 0 radical (unpaired) electrons. The molecule has 0 amide bonds. The summed E-state index contributed by atoms with van der Waals surface area (Å²) in [7, 11) is 0. The van der Waals surface area contributed by atoms with Crippen LogP contribution in [0.15, 0.2) is 10.7 Å². The number of aromatic nitrogens is 1. The van der Waals surface area contributed by atoms with E-state index in [0.717, 1.165) is 5.69 Å². The highest BCUT2D eigenvalue weighted by Gasteiger charge is 2.13. The summed E-state index contributed by atoms with van der Waals surface area (Å²) in [5, 5.41) is 0. The highest BCUT2D eigenvalue weighted by Crippen LogP contribution is 2.17. The van der Waals surface area contributed by atoms with Crippen molar-refractivity contribution < 1.29 is 4.42 Å². The highest BCUT2D eigenvalue weighted by molar-refractivity contribution is 5.02. The van der Waals surface area contributed by atoms with Gasteiger partial charge >= 0.3 is 0 Å². The molecule has 1 heterocycles. The summed E-state index contributed by atoms with van der Waals surface area (Å²) in [4.78, 5) is 4.14. The molecule has 1 unspecified atom stereocenters. The van der Waals surface area contributed by atoms with Crippen molar-refractivity contribution in [3.63, 3.8) is 0 Å². The van der Waals surface area contributed by atoms with Crippen LogP contribution in [0.3, 0.4) is 0 Å². The van der Waals surface area contributed by atoms with E-state index in [0.29, 0.717) is 11.8 Å². The number of nitrogens with two attached hydrogens (primary N) is 1. The fourth-order valence-electron chi connectivity index (χ4n) is 0.875. The van der Waals surface area contributed by atoms with Crippen molar-refractivity contribution in [3.05, 3.63) is 17.8 Å². The second-order valence-electron chi connectivity index (χ2n) is 3.06. The van der Waals surface area contributed by atoms with Gasteiger partial charge in [0.25, 0.3) is 0 Å². The molecular weight excluding hydrogens is 140 g/mol. The molecule has 1 aromatic heterocycles. The minimum absolute atomic E-state index is 0.00699. The summed E-state index contributed by atoms with van der Waals surface area (Å²) in [6, 6.07) is -0.00699. The van der Waals surface area contributed by atoms with Crippen LogP contribution in [0.2, 0.25) is 0 Å². The van der Waals surface area contributed by atoms with Gasteiger partial charge in [-0.15, -0.1) is 0 Å². The Morgan fingerprint density at radius 3 is 2.55 bits per heavy atom. The van der Waals surface area contributed by atoms with Crippen LogP contribution < -0.4 is 5.73 Å². The van der Waals surface area contributed by atoms with Crippen LogP contribution >= 0.6 is 0 Å². The van der Waals surface area contributed by atoms with E-state index in [-0.39, 0.29) is 6.04 Å². The normalized spacial score (nSPS) is 13.9. The lowest BCUT2D eigenvalue weighted by molar-refractivity contribution is 0.494. The molecule has 3 heteroatoms.